The molecule has 2 aromatic heterocycles. The van der Waals surface area contributed by atoms with Crippen LogP contribution < -0.4 is 14.4 Å². The number of hydrogen-bond acceptors (Lipinski definition) is 7. The molecule has 0 atom stereocenters. The van der Waals surface area contributed by atoms with Gasteiger partial charge >= 0.3 is 0 Å². The van der Waals surface area contributed by atoms with Crippen molar-refractivity contribution in [2.24, 2.45) is 0 Å². The molecule has 0 spiro atoms. The number of aromatic nitrogens is 2. The molecule has 1 aliphatic rings. The summed E-state index contributed by atoms with van der Waals surface area (Å²) >= 11 is 8.43. The van der Waals surface area contributed by atoms with Crippen molar-refractivity contribution in [2.75, 3.05) is 65.4 Å². The number of anilines is 1. The highest BCUT2D eigenvalue weighted by molar-refractivity contribution is 7.97. The van der Waals surface area contributed by atoms with Crippen LogP contribution in [-0.4, -0.2) is 84.4 Å². The minimum Gasteiger partial charge on any atom is -0.495 e. The van der Waals surface area contributed by atoms with Crippen LogP contribution in [0.25, 0.3) is 16.9 Å². The Kier molecular flexibility index (Phi) is 8.70. The first-order chi connectivity index (χ1) is 16.8. The first-order valence-corrected chi connectivity index (χ1v) is 13.4. The molecule has 0 bridgehead atoms. The number of pyridine rings is 1. The molecule has 4 rings (SSSR count). The molecule has 0 aliphatic carbocycles. The van der Waals surface area contributed by atoms with Crippen molar-refractivity contribution in [1.29, 1.82) is 0 Å². The van der Waals surface area contributed by atoms with Gasteiger partial charge in [0.2, 0.25) is 0 Å². The quantitative estimate of drug-likeness (QED) is 0.271. The zero-order valence-electron chi connectivity index (χ0n) is 21.3. The number of rotatable bonds is 10. The number of halogens is 1. The smallest absolute Gasteiger partial charge is 0.141 e. The summed E-state index contributed by atoms with van der Waals surface area (Å²) in [6.45, 7) is 10.2. The van der Waals surface area contributed by atoms with Crippen LogP contribution in [0.3, 0.4) is 0 Å². The maximum absolute atomic E-state index is 6.49. The van der Waals surface area contributed by atoms with E-state index in [2.05, 4.69) is 64.8 Å². The molecule has 1 fully saturated rings. The molecule has 35 heavy (non-hydrogen) atoms. The number of nitrogens with zero attached hydrogens (tertiary/aromatic N) is 5. The maximum Gasteiger partial charge on any atom is 0.141 e. The van der Waals surface area contributed by atoms with Crippen LogP contribution in [0.2, 0.25) is 5.02 Å². The zero-order chi connectivity index (χ0) is 24.9. The third-order valence-corrected chi connectivity index (χ3v) is 7.32. The summed E-state index contributed by atoms with van der Waals surface area (Å²) in [6, 6.07) is 8.08. The van der Waals surface area contributed by atoms with Gasteiger partial charge in [0, 0.05) is 73.8 Å². The Hall–Kier alpha value is -2.13. The van der Waals surface area contributed by atoms with E-state index in [0.29, 0.717) is 22.6 Å². The van der Waals surface area contributed by atoms with E-state index in [1.807, 2.05) is 30.3 Å². The van der Waals surface area contributed by atoms with E-state index >= 15 is 0 Å². The van der Waals surface area contributed by atoms with Gasteiger partial charge in [-0.15, -0.1) is 0 Å². The Morgan fingerprint density at radius 2 is 1.89 bits per heavy atom. The Balaban J connectivity index is 1.55. The summed E-state index contributed by atoms with van der Waals surface area (Å²) in [7, 11) is 5.74. The number of fused-ring (bicyclic) bond motifs is 1. The van der Waals surface area contributed by atoms with E-state index in [-0.39, 0.29) is 0 Å². The van der Waals surface area contributed by atoms with Crippen molar-refractivity contribution in [1.82, 2.24) is 18.6 Å². The van der Waals surface area contributed by atoms with Gasteiger partial charge in [0.05, 0.1) is 24.4 Å². The minimum absolute atomic E-state index is 0.540. The summed E-state index contributed by atoms with van der Waals surface area (Å²) in [5.74, 6) is 1.33. The molecular weight excluding hydrogens is 482 g/mol. The fraction of sp³-hybridized carbons (Fsp3) is 0.500. The lowest BCUT2D eigenvalue weighted by molar-refractivity contribution is 0.281. The summed E-state index contributed by atoms with van der Waals surface area (Å²) in [5, 5.41) is 1.16. The van der Waals surface area contributed by atoms with Gasteiger partial charge < -0.3 is 23.7 Å². The van der Waals surface area contributed by atoms with E-state index < -0.39 is 0 Å². The molecule has 0 radical (unpaired) electrons. The molecule has 7 nitrogen and oxygen atoms in total. The second kappa shape index (κ2) is 11.7. The van der Waals surface area contributed by atoms with Gasteiger partial charge in [-0.3, -0.25) is 0 Å². The van der Waals surface area contributed by atoms with Gasteiger partial charge in [-0.05, 0) is 32.6 Å². The van der Waals surface area contributed by atoms with Crippen molar-refractivity contribution in [2.45, 2.75) is 25.5 Å². The highest BCUT2D eigenvalue weighted by Gasteiger charge is 2.20. The molecule has 3 aromatic rings. The van der Waals surface area contributed by atoms with Gasteiger partial charge in [-0.1, -0.05) is 37.4 Å². The predicted molar refractivity (Wildman–Crippen MR) is 147 cm³/mol. The zero-order valence-corrected chi connectivity index (χ0v) is 22.9. The second-order valence-electron chi connectivity index (χ2n) is 9.33. The average Bonchev–Trinajstić information content (AvgIpc) is 3.25. The second-order valence-corrected chi connectivity index (χ2v) is 11.4. The lowest BCUT2D eigenvalue weighted by Gasteiger charge is -2.36. The third-order valence-electron chi connectivity index (χ3n) is 5.94. The molecule has 0 unspecified atom stereocenters. The van der Waals surface area contributed by atoms with E-state index in [1.54, 1.807) is 7.11 Å². The highest BCUT2D eigenvalue weighted by Crippen LogP contribution is 2.38. The van der Waals surface area contributed by atoms with Gasteiger partial charge in [-0.2, -0.15) is 0 Å². The summed E-state index contributed by atoms with van der Waals surface area (Å²) in [5.41, 5.74) is 3.80. The minimum atomic E-state index is 0.540. The van der Waals surface area contributed by atoms with E-state index in [1.165, 1.54) is 5.69 Å². The topological polar surface area (TPSA) is 45.5 Å². The van der Waals surface area contributed by atoms with Crippen molar-refractivity contribution in [3.8, 4) is 22.8 Å². The van der Waals surface area contributed by atoms with E-state index in [9.17, 15) is 0 Å². The largest absolute Gasteiger partial charge is 0.495 e. The van der Waals surface area contributed by atoms with Crippen molar-refractivity contribution in [3.05, 3.63) is 41.7 Å². The molecule has 0 saturated carbocycles. The van der Waals surface area contributed by atoms with Crippen LogP contribution in [0.1, 0.15) is 20.3 Å². The average molecular weight is 518 g/mol. The lowest BCUT2D eigenvalue weighted by Crippen LogP contribution is -2.43. The number of ether oxygens (including phenoxy) is 2. The number of methoxy groups -OCH3 is 1. The van der Waals surface area contributed by atoms with Crippen LogP contribution in [0.4, 0.5) is 5.69 Å². The molecule has 1 aromatic carbocycles. The SMILES string of the molecule is COc1cc(OCCCN(C)C)c(-c2cn3ccc(N4CCN(SC(C)C)CC4)cc3n2)cc1Cl. The summed E-state index contributed by atoms with van der Waals surface area (Å²) in [4.78, 5) is 9.53. The normalized spacial score (nSPS) is 14.9. The summed E-state index contributed by atoms with van der Waals surface area (Å²) < 4.78 is 16.1. The van der Waals surface area contributed by atoms with E-state index in [0.717, 1.165) is 61.8 Å². The molecule has 1 saturated heterocycles. The van der Waals surface area contributed by atoms with Crippen LogP contribution in [-0.2, 0) is 0 Å². The van der Waals surface area contributed by atoms with Crippen LogP contribution in [0, 0.1) is 0 Å². The third kappa shape index (κ3) is 6.55. The van der Waals surface area contributed by atoms with Gasteiger partial charge in [0.25, 0.3) is 0 Å². The number of piperazine rings is 1. The molecule has 0 amide bonds. The predicted octanol–water partition coefficient (Wildman–Crippen LogP) is 5.17. The standard InChI is InChI=1S/C26H36ClN5O2S/c1-19(2)35-32-12-10-30(11-13-32)20-7-9-31-18-23(28-26(31)15-20)21-16-22(27)25(33-5)17-24(21)34-14-6-8-29(3)4/h7,9,15-19H,6,8,10-14H2,1-5H3. The molecule has 190 valence electrons. The number of benzene rings is 1. The molecule has 1 aliphatic heterocycles. The van der Waals surface area contributed by atoms with Crippen LogP contribution in [0.15, 0.2) is 36.7 Å². The fourth-order valence-electron chi connectivity index (χ4n) is 4.22. The first kappa shape index (κ1) is 25.9. The molecule has 0 N–H and O–H groups in total. The van der Waals surface area contributed by atoms with Gasteiger partial charge in [0.15, 0.2) is 0 Å². The van der Waals surface area contributed by atoms with Crippen LogP contribution in [0.5, 0.6) is 11.5 Å². The van der Waals surface area contributed by atoms with E-state index in [4.69, 9.17) is 26.1 Å². The fourth-order valence-corrected chi connectivity index (χ4v) is 5.43. The Morgan fingerprint density at radius 1 is 1.11 bits per heavy atom. The van der Waals surface area contributed by atoms with Gasteiger partial charge in [0.1, 0.15) is 17.1 Å². The first-order valence-electron chi connectivity index (χ1n) is 12.1. The molecule has 9 heteroatoms. The number of hydrogen-bond donors (Lipinski definition) is 0. The summed E-state index contributed by atoms with van der Waals surface area (Å²) in [6.07, 6.45) is 5.04. The van der Waals surface area contributed by atoms with Crippen LogP contribution >= 0.6 is 23.5 Å². The number of imidazole rings is 1. The molecule has 3 heterocycles. The van der Waals surface area contributed by atoms with Gasteiger partial charge in [-0.25, -0.2) is 9.29 Å². The highest BCUT2D eigenvalue weighted by atomic mass is 35.5. The Labute approximate surface area is 218 Å². The van der Waals surface area contributed by atoms with Crippen molar-refractivity contribution in [3.63, 3.8) is 0 Å². The maximum atomic E-state index is 6.49. The molecular formula is C26H36ClN5O2S. The monoisotopic (exact) mass is 517 g/mol. The Bertz CT molecular complexity index is 1130. The lowest BCUT2D eigenvalue weighted by atomic mass is 10.1. The Morgan fingerprint density at radius 3 is 2.57 bits per heavy atom. The van der Waals surface area contributed by atoms with Crippen molar-refractivity contribution >= 4 is 34.9 Å². The van der Waals surface area contributed by atoms with Crippen molar-refractivity contribution < 1.29 is 9.47 Å².